The summed E-state index contributed by atoms with van der Waals surface area (Å²) in [4.78, 5) is 27.3. The average Bonchev–Trinajstić information content (AvgIpc) is 3.54. The highest BCUT2D eigenvalue weighted by Crippen LogP contribution is 2.37. The first kappa shape index (κ1) is 23.0. The average molecular weight is 504 g/mol. The minimum atomic E-state index is -0.558. The van der Waals surface area contributed by atoms with Gasteiger partial charge < -0.3 is 9.47 Å². The van der Waals surface area contributed by atoms with E-state index in [-0.39, 0.29) is 29.5 Å². The summed E-state index contributed by atoms with van der Waals surface area (Å²) in [7, 11) is 0. The Hall–Kier alpha value is -4.78. The van der Waals surface area contributed by atoms with E-state index < -0.39 is 10.8 Å². The number of rotatable bonds is 8. The Morgan fingerprint density at radius 1 is 1.14 bits per heavy atom. The van der Waals surface area contributed by atoms with Crippen LogP contribution >= 0.6 is 11.8 Å². The molecular formula is C23H17N7O5S. The number of aromatic nitrogens is 4. The first-order valence-corrected chi connectivity index (χ1v) is 11.5. The number of carbonyl (C=O) groups excluding carboxylic acids is 1. The number of pyridine rings is 1. The largest absolute Gasteiger partial charge is 0.454 e. The van der Waals surface area contributed by atoms with Gasteiger partial charge in [0, 0.05) is 23.6 Å². The lowest BCUT2D eigenvalue weighted by molar-refractivity contribution is -0.385. The number of nitro groups is 1. The molecule has 4 aromatic rings. The van der Waals surface area contributed by atoms with Crippen LogP contribution in [0.4, 0.5) is 5.69 Å². The third-order valence-corrected chi connectivity index (χ3v) is 5.96. The number of para-hydroxylation sites is 1. The van der Waals surface area contributed by atoms with E-state index in [0.717, 1.165) is 11.3 Å². The quantitative estimate of drug-likeness (QED) is 0.166. The number of nitro benzene ring substituents is 1. The number of ether oxygens (including phenoxy) is 2. The molecule has 1 aliphatic rings. The highest BCUT2D eigenvalue weighted by molar-refractivity contribution is 7.99. The van der Waals surface area contributed by atoms with Gasteiger partial charge in [-0.15, -0.1) is 10.2 Å². The highest BCUT2D eigenvalue weighted by Gasteiger charge is 2.22. The second kappa shape index (κ2) is 10.2. The molecule has 0 radical (unpaired) electrons. The number of carbonyl (C=O) groups is 1. The third-order valence-electron chi connectivity index (χ3n) is 5.03. The zero-order valence-electron chi connectivity index (χ0n) is 18.5. The Kier molecular flexibility index (Phi) is 6.53. The Labute approximate surface area is 208 Å². The molecule has 0 unspecified atom stereocenters. The topological polar surface area (TPSA) is 147 Å². The number of fused-ring (bicyclic) bond motifs is 1. The zero-order valence-corrected chi connectivity index (χ0v) is 19.3. The van der Waals surface area contributed by atoms with Crippen molar-refractivity contribution in [2.75, 3.05) is 12.5 Å². The molecule has 180 valence electrons. The van der Waals surface area contributed by atoms with Gasteiger partial charge in [0.05, 0.1) is 28.5 Å². The summed E-state index contributed by atoms with van der Waals surface area (Å²) >= 11 is 1.18. The highest BCUT2D eigenvalue weighted by atomic mass is 32.2. The van der Waals surface area contributed by atoms with Gasteiger partial charge >= 0.3 is 0 Å². The molecule has 0 saturated carbocycles. The number of benzene rings is 2. The molecular weight excluding hydrogens is 486 g/mol. The van der Waals surface area contributed by atoms with Crippen molar-refractivity contribution in [2.24, 2.45) is 5.10 Å². The molecule has 12 nitrogen and oxygen atoms in total. The van der Waals surface area contributed by atoms with Crippen LogP contribution in [0, 0.1) is 10.1 Å². The van der Waals surface area contributed by atoms with E-state index >= 15 is 0 Å². The van der Waals surface area contributed by atoms with Crippen LogP contribution in [0.15, 0.2) is 77.2 Å². The Morgan fingerprint density at radius 3 is 2.64 bits per heavy atom. The maximum Gasteiger partial charge on any atom is 0.282 e. The van der Waals surface area contributed by atoms with Gasteiger partial charge in [0.15, 0.2) is 22.5 Å². The molecule has 1 N–H and O–H groups in total. The molecule has 13 heteroatoms. The Morgan fingerprint density at radius 2 is 1.89 bits per heavy atom. The number of nitrogens with one attached hydrogen (secondary N) is 1. The SMILES string of the molecule is O=C(CSc1nnc(-c2ccncc2)n1-c1ccccc1)NN=Cc1cc2c(cc1[N+](=O)[O-])OCO2. The molecule has 2 aromatic heterocycles. The molecule has 0 spiro atoms. The minimum Gasteiger partial charge on any atom is -0.454 e. The lowest BCUT2D eigenvalue weighted by Gasteiger charge is -2.10. The fourth-order valence-corrected chi connectivity index (χ4v) is 4.15. The maximum atomic E-state index is 12.4. The predicted molar refractivity (Wildman–Crippen MR) is 130 cm³/mol. The number of hydrogen-bond donors (Lipinski definition) is 1. The Balaban J connectivity index is 1.30. The molecule has 0 aliphatic carbocycles. The van der Waals surface area contributed by atoms with Crippen molar-refractivity contribution in [3.8, 4) is 28.6 Å². The first-order valence-electron chi connectivity index (χ1n) is 10.5. The van der Waals surface area contributed by atoms with Gasteiger partial charge in [-0.25, -0.2) is 5.43 Å². The third kappa shape index (κ3) is 4.86. The molecule has 0 fully saturated rings. The molecule has 0 saturated heterocycles. The summed E-state index contributed by atoms with van der Waals surface area (Å²) in [5, 5.41) is 24.3. The van der Waals surface area contributed by atoms with Crippen molar-refractivity contribution in [3.63, 3.8) is 0 Å². The Bertz CT molecular complexity index is 1440. The van der Waals surface area contributed by atoms with Crippen LogP contribution in [0.3, 0.4) is 0 Å². The summed E-state index contributed by atoms with van der Waals surface area (Å²) < 4.78 is 12.3. The molecule has 0 bridgehead atoms. The van der Waals surface area contributed by atoms with Crippen LogP contribution in [0.1, 0.15) is 5.56 Å². The number of thioether (sulfide) groups is 1. The molecule has 0 atom stereocenters. The summed E-state index contributed by atoms with van der Waals surface area (Å²) in [6.07, 6.45) is 4.53. The van der Waals surface area contributed by atoms with E-state index in [9.17, 15) is 14.9 Å². The summed E-state index contributed by atoms with van der Waals surface area (Å²) in [6, 6.07) is 15.9. The van der Waals surface area contributed by atoms with Crippen molar-refractivity contribution in [1.82, 2.24) is 25.2 Å². The number of hydrazone groups is 1. The fourth-order valence-electron chi connectivity index (χ4n) is 3.41. The second-order valence-electron chi connectivity index (χ2n) is 7.32. The maximum absolute atomic E-state index is 12.4. The van der Waals surface area contributed by atoms with Crippen LogP contribution < -0.4 is 14.9 Å². The molecule has 36 heavy (non-hydrogen) atoms. The van der Waals surface area contributed by atoms with E-state index in [1.165, 1.54) is 30.1 Å². The number of amides is 1. The second-order valence-corrected chi connectivity index (χ2v) is 8.26. The lowest BCUT2D eigenvalue weighted by Crippen LogP contribution is -2.20. The van der Waals surface area contributed by atoms with Crippen LogP contribution in [0.5, 0.6) is 11.5 Å². The molecule has 5 rings (SSSR count). The van der Waals surface area contributed by atoms with Crippen molar-refractivity contribution in [1.29, 1.82) is 0 Å². The van der Waals surface area contributed by atoms with Gasteiger partial charge in [-0.3, -0.25) is 24.5 Å². The summed E-state index contributed by atoms with van der Waals surface area (Å²) in [6.45, 7) is -0.0164. The van der Waals surface area contributed by atoms with Crippen LogP contribution in [0.2, 0.25) is 0 Å². The van der Waals surface area contributed by atoms with Gasteiger partial charge in [0.2, 0.25) is 6.79 Å². The van der Waals surface area contributed by atoms with E-state index in [0.29, 0.717) is 16.7 Å². The van der Waals surface area contributed by atoms with E-state index in [1.807, 2.05) is 47.0 Å². The molecule has 2 aromatic carbocycles. The number of hydrogen-bond acceptors (Lipinski definition) is 10. The van der Waals surface area contributed by atoms with Gasteiger partial charge in [-0.1, -0.05) is 30.0 Å². The number of nitrogens with zero attached hydrogens (tertiary/aromatic N) is 6. The van der Waals surface area contributed by atoms with Gasteiger partial charge in [0.25, 0.3) is 11.6 Å². The first-order chi connectivity index (χ1) is 17.6. The minimum absolute atomic E-state index is 0.0120. The van der Waals surface area contributed by atoms with Crippen LogP contribution in [0.25, 0.3) is 17.1 Å². The van der Waals surface area contributed by atoms with Gasteiger partial charge in [-0.05, 0) is 30.3 Å². The standard InChI is InChI=1S/C23H17N7O5S/c31-21(26-25-12-16-10-19-20(35-14-34-19)11-18(16)30(32)33)13-36-23-28-27-22(15-6-8-24-9-7-15)29(23)17-4-2-1-3-5-17/h1-12H,13-14H2,(H,26,31). The van der Waals surface area contributed by atoms with Crippen molar-refractivity contribution in [3.05, 3.63) is 82.7 Å². The van der Waals surface area contributed by atoms with E-state index in [1.54, 1.807) is 12.4 Å². The van der Waals surface area contributed by atoms with Crippen molar-refractivity contribution < 1.29 is 19.2 Å². The zero-order chi connectivity index (χ0) is 24.9. The van der Waals surface area contributed by atoms with Gasteiger partial charge in [-0.2, -0.15) is 5.10 Å². The smallest absolute Gasteiger partial charge is 0.282 e. The van der Waals surface area contributed by atoms with Crippen molar-refractivity contribution in [2.45, 2.75) is 5.16 Å². The van der Waals surface area contributed by atoms with Crippen LogP contribution in [-0.2, 0) is 4.79 Å². The van der Waals surface area contributed by atoms with E-state index in [4.69, 9.17) is 9.47 Å². The fraction of sp³-hybridized carbons (Fsp3) is 0.0870. The van der Waals surface area contributed by atoms with Crippen molar-refractivity contribution >= 4 is 29.6 Å². The summed E-state index contributed by atoms with van der Waals surface area (Å²) in [5.41, 5.74) is 4.00. The summed E-state index contributed by atoms with van der Waals surface area (Å²) in [5.74, 6) is 0.830. The van der Waals surface area contributed by atoms with Gasteiger partial charge in [0.1, 0.15) is 0 Å². The molecule has 1 aliphatic heterocycles. The molecule has 1 amide bonds. The lowest BCUT2D eigenvalue weighted by atomic mass is 10.1. The normalized spacial score (nSPS) is 12.1. The van der Waals surface area contributed by atoms with Crippen LogP contribution in [-0.4, -0.2) is 49.3 Å². The predicted octanol–water partition coefficient (Wildman–Crippen LogP) is 3.21. The molecule has 3 heterocycles. The van der Waals surface area contributed by atoms with E-state index in [2.05, 4.69) is 25.7 Å². The monoisotopic (exact) mass is 503 g/mol.